The van der Waals surface area contributed by atoms with Crippen molar-refractivity contribution in [2.45, 2.75) is 13.8 Å². The molecule has 0 saturated carbocycles. The highest BCUT2D eigenvalue weighted by Crippen LogP contribution is 2.36. The Morgan fingerprint density at radius 1 is 0.327 bits per heavy atom. The molecule has 0 bridgehead atoms. The van der Waals surface area contributed by atoms with E-state index >= 15 is 0 Å². The Morgan fingerprint density at radius 2 is 0.654 bits per heavy atom. The quantitative estimate of drug-likeness (QED) is 0.183. The fraction of sp³-hybridized carbons (Fsp3) is 0.0417. The summed E-state index contributed by atoms with van der Waals surface area (Å²) in [5, 5.41) is 5.02. The van der Waals surface area contributed by atoms with Gasteiger partial charge < -0.3 is 9.13 Å². The Hall–Kier alpha value is -6.78. The number of benzene rings is 6. The van der Waals surface area contributed by atoms with Crippen molar-refractivity contribution in [3.8, 4) is 45.3 Å². The summed E-state index contributed by atoms with van der Waals surface area (Å²) in [7, 11) is 0. The van der Waals surface area contributed by atoms with Crippen LogP contribution in [0.15, 0.2) is 170 Å². The van der Waals surface area contributed by atoms with Crippen LogP contribution in [0, 0.1) is 13.8 Å². The average Bonchev–Trinajstić information content (AvgIpc) is 3.71. The minimum Gasteiger partial charge on any atom is -0.309 e. The first-order chi connectivity index (χ1) is 25.6. The van der Waals surface area contributed by atoms with Gasteiger partial charge in [0.2, 0.25) is 0 Å². The molecule has 52 heavy (non-hydrogen) atoms. The third-order valence-electron chi connectivity index (χ3n) is 10.4. The van der Waals surface area contributed by atoms with Crippen LogP contribution in [0.25, 0.3) is 88.9 Å². The van der Waals surface area contributed by atoms with Crippen LogP contribution < -0.4 is 0 Å². The van der Waals surface area contributed by atoms with Crippen LogP contribution in [-0.2, 0) is 0 Å². The van der Waals surface area contributed by atoms with Crippen LogP contribution in [0.5, 0.6) is 0 Å². The first-order valence-electron chi connectivity index (χ1n) is 17.8. The molecule has 0 amide bonds. The first-order valence-corrected chi connectivity index (χ1v) is 17.8. The van der Waals surface area contributed by atoms with Gasteiger partial charge in [0.25, 0.3) is 0 Å². The van der Waals surface area contributed by atoms with E-state index < -0.39 is 0 Å². The number of para-hydroxylation sites is 4. The molecule has 4 nitrogen and oxygen atoms in total. The van der Waals surface area contributed by atoms with Crippen molar-refractivity contribution in [2.24, 2.45) is 0 Å². The summed E-state index contributed by atoms with van der Waals surface area (Å²) >= 11 is 0. The number of pyridine rings is 2. The summed E-state index contributed by atoms with van der Waals surface area (Å²) in [5.74, 6) is 0. The zero-order valence-corrected chi connectivity index (χ0v) is 29.0. The van der Waals surface area contributed by atoms with Gasteiger partial charge in [-0.3, -0.25) is 0 Å². The Bertz CT molecular complexity index is 2690. The highest BCUT2D eigenvalue weighted by atomic mass is 15.0. The molecule has 0 aliphatic heterocycles. The molecule has 0 aliphatic carbocycles. The van der Waals surface area contributed by atoms with E-state index in [1.807, 2.05) is 0 Å². The average molecular weight is 667 g/mol. The SMILES string of the molecule is Cc1ccc(-c2cccc(-c3cccc(-c4ccc(C)c(-n5c6ccccc6c6ccccc65)c4)n3)n2)cc1-n1c2ccccc2c2ccccc21. The molecule has 4 heteroatoms. The summed E-state index contributed by atoms with van der Waals surface area (Å²) in [6.07, 6.45) is 0. The lowest BCUT2D eigenvalue weighted by Crippen LogP contribution is -1.99. The molecule has 0 spiro atoms. The smallest absolute Gasteiger partial charge is 0.0893 e. The molecule has 0 unspecified atom stereocenters. The zero-order chi connectivity index (χ0) is 34.8. The molecule has 0 atom stereocenters. The largest absolute Gasteiger partial charge is 0.309 e. The zero-order valence-electron chi connectivity index (χ0n) is 29.0. The monoisotopic (exact) mass is 666 g/mol. The molecule has 0 fully saturated rings. The number of rotatable bonds is 5. The highest BCUT2D eigenvalue weighted by Gasteiger charge is 2.17. The maximum atomic E-state index is 5.19. The predicted molar refractivity (Wildman–Crippen MR) is 216 cm³/mol. The van der Waals surface area contributed by atoms with E-state index in [-0.39, 0.29) is 0 Å². The van der Waals surface area contributed by atoms with Crippen molar-refractivity contribution in [1.29, 1.82) is 0 Å². The molecule has 6 aromatic carbocycles. The topological polar surface area (TPSA) is 35.6 Å². The van der Waals surface area contributed by atoms with E-state index in [1.165, 1.54) is 54.7 Å². The third-order valence-corrected chi connectivity index (χ3v) is 10.4. The second kappa shape index (κ2) is 11.9. The second-order valence-electron chi connectivity index (χ2n) is 13.6. The van der Waals surface area contributed by atoms with Gasteiger partial charge >= 0.3 is 0 Å². The summed E-state index contributed by atoms with van der Waals surface area (Å²) in [4.78, 5) is 10.4. The Labute approximate surface area is 301 Å². The van der Waals surface area contributed by atoms with Gasteiger partial charge in [-0.2, -0.15) is 0 Å². The summed E-state index contributed by atoms with van der Waals surface area (Å²) in [5.41, 5.74) is 15.2. The molecule has 10 rings (SSSR count). The summed E-state index contributed by atoms with van der Waals surface area (Å²) in [6, 6.07) is 60.3. The number of hydrogen-bond donors (Lipinski definition) is 0. The summed E-state index contributed by atoms with van der Waals surface area (Å²) in [6.45, 7) is 4.36. The number of aromatic nitrogens is 4. The second-order valence-corrected chi connectivity index (χ2v) is 13.6. The van der Waals surface area contributed by atoms with Gasteiger partial charge in [-0.25, -0.2) is 9.97 Å². The van der Waals surface area contributed by atoms with Gasteiger partial charge in [-0.05, 0) is 85.6 Å². The fourth-order valence-electron chi connectivity index (χ4n) is 7.86. The van der Waals surface area contributed by atoms with Gasteiger partial charge in [-0.15, -0.1) is 0 Å². The Morgan fingerprint density at radius 3 is 1.02 bits per heavy atom. The lowest BCUT2D eigenvalue weighted by atomic mass is 10.0. The van der Waals surface area contributed by atoms with Crippen molar-refractivity contribution in [3.63, 3.8) is 0 Å². The molecule has 0 radical (unpaired) electrons. The fourth-order valence-corrected chi connectivity index (χ4v) is 7.86. The van der Waals surface area contributed by atoms with Crippen LogP contribution >= 0.6 is 0 Å². The van der Waals surface area contributed by atoms with Crippen molar-refractivity contribution >= 4 is 43.6 Å². The molecular formula is C48H34N4. The van der Waals surface area contributed by atoms with Gasteiger partial charge in [0.05, 0.1) is 44.8 Å². The molecule has 4 heterocycles. The predicted octanol–water partition coefficient (Wildman–Crippen LogP) is 12.3. The van der Waals surface area contributed by atoms with E-state index in [0.717, 1.165) is 45.3 Å². The molecular weight excluding hydrogens is 633 g/mol. The van der Waals surface area contributed by atoms with Crippen LogP contribution in [-0.4, -0.2) is 19.1 Å². The van der Waals surface area contributed by atoms with E-state index in [2.05, 4.69) is 193 Å². The van der Waals surface area contributed by atoms with E-state index in [4.69, 9.17) is 9.97 Å². The third kappa shape index (κ3) is 4.76. The maximum Gasteiger partial charge on any atom is 0.0893 e. The molecule has 10 aromatic rings. The normalized spacial score (nSPS) is 11.7. The van der Waals surface area contributed by atoms with Crippen molar-refractivity contribution in [2.75, 3.05) is 0 Å². The van der Waals surface area contributed by atoms with Gasteiger partial charge in [0.15, 0.2) is 0 Å². The summed E-state index contributed by atoms with van der Waals surface area (Å²) < 4.78 is 4.76. The van der Waals surface area contributed by atoms with Gasteiger partial charge in [0.1, 0.15) is 0 Å². The van der Waals surface area contributed by atoms with Crippen LogP contribution in [0.1, 0.15) is 11.1 Å². The number of aryl methyl sites for hydroxylation is 2. The number of nitrogens with zero attached hydrogens (tertiary/aromatic N) is 4. The van der Waals surface area contributed by atoms with Crippen LogP contribution in [0.2, 0.25) is 0 Å². The van der Waals surface area contributed by atoms with Crippen LogP contribution in [0.4, 0.5) is 0 Å². The molecule has 0 aliphatic rings. The van der Waals surface area contributed by atoms with E-state index in [0.29, 0.717) is 0 Å². The van der Waals surface area contributed by atoms with Crippen LogP contribution in [0.3, 0.4) is 0 Å². The number of fused-ring (bicyclic) bond motifs is 6. The van der Waals surface area contributed by atoms with Crippen molar-refractivity contribution < 1.29 is 0 Å². The van der Waals surface area contributed by atoms with Crippen molar-refractivity contribution in [3.05, 3.63) is 181 Å². The minimum atomic E-state index is 0.841. The lowest BCUT2D eigenvalue weighted by Gasteiger charge is -2.14. The maximum absolute atomic E-state index is 5.19. The van der Waals surface area contributed by atoms with Gasteiger partial charge in [0, 0.05) is 44.0 Å². The minimum absolute atomic E-state index is 0.841. The Balaban J connectivity index is 1.05. The molecule has 246 valence electrons. The lowest BCUT2D eigenvalue weighted by molar-refractivity contribution is 1.15. The van der Waals surface area contributed by atoms with Gasteiger partial charge in [-0.1, -0.05) is 109 Å². The Kier molecular flexibility index (Phi) is 6.90. The molecule has 4 aromatic heterocycles. The van der Waals surface area contributed by atoms with E-state index in [1.54, 1.807) is 0 Å². The van der Waals surface area contributed by atoms with E-state index in [9.17, 15) is 0 Å². The standard InChI is InChI=1S/C48H34N4/c1-31-25-27-33(29-47(31)51-43-21-7-3-13-35(43)36-14-4-8-22-44(36)51)39-17-11-19-41(49-39)42-20-12-18-40(50-42)34-28-26-32(2)48(30-34)52-45-23-9-5-15-37(45)38-16-6-10-24-46(38)52/h3-30H,1-2H3. The molecule has 0 saturated heterocycles. The number of hydrogen-bond acceptors (Lipinski definition) is 2. The molecule has 0 N–H and O–H groups in total. The highest BCUT2D eigenvalue weighted by molar-refractivity contribution is 6.10. The first kappa shape index (κ1) is 30.1. The van der Waals surface area contributed by atoms with Crippen molar-refractivity contribution in [1.82, 2.24) is 19.1 Å².